The van der Waals surface area contributed by atoms with E-state index in [0.29, 0.717) is 0 Å². The average Bonchev–Trinajstić information content (AvgIpc) is 1.23. The van der Waals surface area contributed by atoms with Gasteiger partial charge in [0, 0.05) is 0 Å². The van der Waals surface area contributed by atoms with Crippen LogP contribution in [0.3, 0.4) is 0 Å². The van der Waals surface area contributed by atoms with Crippen molar-refractivity contribution in [2.45, 2.75) is 19.3 Å². The first-order chi connectivity index (χ1) is 3.30. The number of carbonyl (C=O) groups is 1. The second-order valence-corrected chi connectivity index (χ2v) is 1.97. The van der Waals surface area contributed by atoms with Gasteiger partial charge in [0.25, 0.3) is 0 Å². The number of hydrogen-bond acceptors (Lipinski definition) is 1. The highest BCUT2D eigenvalue weighted by molar-refractivity contribution is 5.85. The normalized spacial score (nSPS) is 18.5. The van der Waals surface area contributed by atoms with Crippen LogP contribution in [0, 0.1) is 5.92 Å². The first-order valence-electron chi connectivity index (χ1n) is 2.53. The SMILES string of the molecule is Cl.O=C(O)C1CCC1. The molecule has 1 N–H and O–H groups in total. The van der Waals surface area contributed by atoms with Crippen LogP contribution in [-0.4, -0.2) is 11.1 Å². The molecule has 0 aromatic rings. The molecule has 1 rings (SSSR count). The Morgan fingerprint density at radius 1 is 1.50 bits per heavy atom. The van der Waals surface area contributed by atoms with Gasteiger partial charge < -0.3 is 5.11 Å². The van der Waals surface area contributed by atoms with Crippen molar-refractivity contribution in [1.29, 1.82) is 0 Å². The Kier molecular flexibility index (Phi) is 2.84. The standard InChI is InChI=1S/C5H8O2.ClH/c6-5(7)4-2-1-3-4;/h4H,1-3H2,(H,6,7);1H. The van der Waals surface area contributed by atoms with Crippen LogP contribution in [0.15, 0.2) is 0 Å². The van der Waals surface area contributed by atoms with E-state index in [9.17, 15) is 4.79 Å². The Bertz CT molecular complexity index is 88.4. The molecule has 8 heavy (non-hydrogen) atoms. The number of carboxylic acids is 1. The molecule has 0 amide bonds. The topological polar surface area (TPSA) is 37.3 Å². The fourth-order valence-electron chi connectivity index (χ4n) is 0.655. The minimum absolute atomic E-state index is 0. The molecular weight excluding hydrogens is 128 g/mol. The lowest BCUT2D eigenvalue weighted by Gasteiger charge is -2.19. The highest BCUT2D eigenvalue weighted by Crippen LogP contribution is 2.25. The van der Waals surface area contributed by atoms with Crippen molar-refractivity contribution in [3.05, 3.63) is 0 Å². The zero-order valence-electron chi connectivity index (χ0n) is 4.46. The summed E-state index contributed by atoms with van der Waals surface area (Å²) in [5.74, 6) is -0.619. The first-order valence-corrected chi connectivity index (χ1v) is 2.53. The average molecular weight is 137 g/mol. The van der Waals surface area contributed by atoms with Crippen LogP contribution in [0.2, 0.25) is 0 Å². The van der Waals surface area contributed by atoms with E-state index >= 15 is 0 Å². The predicted molar refractivity (Wildman–Crippen MR) is 32.2 cm³/mol. The van der Waals surface area contributed by atoms with Gasteiger partial charge in [0.15, 0.2) is 0 Å². The smallest absolute Gasteiger partial charge is 0.306 e. The number of carboxylic acid groups (broad SMARTS) is 1. The first kappa shape index (κ1) is 7.76. The molecule has 0 aliphatic heterocycles. The summed E-state index contributed by atoms with van der Waals surface area (Å²) in [7, 11) is 0. The van der Waals surface area contributed by atoms with E-state index in [0.717, 1.165) is 19.3 Å². The lowest BCUT2D eigenvalue weighted by molar-refractivity contribution is -0.144. The molecule has 0 heterocycles. The van der Waals surface area contributed by atoms with Crippen LogP contribution < -0.4 is 0 Å². The third kappa shape index (κ3) is 1.37. The number of rotatable bonds is 1. The molecule has 0 unspecified atom stereocenters. The van der Waals surface area contributed by atoms with E-state index in [2.05, 4.69) is 0 Å². The molecular formula is C5H9ClO2. The van der Waals surface area contributed by atoms with Crippen LogP contribution in [0.25, 0.3) is 0 Å². The molecule has 0 aromatic heterocycles. The fourth-order valence-corrected chi connectivity index (χ4v) is 0.655. The van der Waals surface area contributed by atoms with Crippen molar-refractivity contribution in [2.24, 2.45) is 5.92 Å². The van der Waals surface area contributed by atoms with E-state index in [1.165, 1.54) is 0 Å². The Hall–Kier alpha value is -0.240. The van der Waals surface area contributed by atoms with Gasteiger partial charge in [-0.25, -0.2) is 0 Å². The predicted octanol–water partition coefficient (Wildman–Crippen LogP) is 1.29. The van der Waals surface area contributed by atoms with Crippen LogP contribution >= 0.6 is 12.4 Å². The molecule has 48 valence electrons. The monoisotopic (exact) mass is 136 g/mol. The Labute approximate surface area is 54.3 Å². The molecule has 0 atom stereocenters. The van der Waals surface area contributed by atoms with Gasteiger partial charge in [0.1, 0.15) is 0 Å². The highest BCUT2D eigenvalue weighted by Gasteiger charge is 2.23. The van der Waals surface area contributed by atoms with Crippen LogP contribution in [0.4, 0.5) is 0 Å². The minimum Gasteiger partial charge on any atom is -0.481 e. The highest BCUT2D eigenvalue weighted by atomic mass is 35.5. The third-order valence-corrected chi connectivity index (χ3v) is 1.45. The Balaban J connectivity index is 0.000000490. The molecule has 2 nitrogen and oxygen atoms in total. The second kappa shape index (κ2) is 2.92. The summed E-state index contributed by atoms with van der Waals surface area (Å²) in [5, 5.41) is 8.23. The maximum atomic E-state index is 9.98. The lowest BCUT2D eigenvalue weighted by Crippen LogP contribution is -2.20. The molecule has 1 aliphatic carbocycles. The number of aliphatic carboxylic acids is 1. The quantitative estimate of drug-likeness (QED) is 0.590. The molecule has 0 spiro atoms. The lowest BCUT2D eigenvalue weighted by atomic mass is 9.86. The van der Waals surface area contributed by atoms with Crippen molar-refractivity contribution < 1.29 is 9.90 Å². The molecule has 1 aliphatic rings. The van der Waals surface area contributed by atoms with Gasteiger partial charge >= 0.3 is 5.97 Å². The zero-order valence-corrected chi connectivity index (χ0v) is 5.28. The van der Waals surface area contributed by atoms with Crippen LogP contribution in [-0.2, 0) is 4.79 Å². The van der Waals surface area contributed by atoms with Crippen molar-refractivity contribution in [1.82, 2.24) is 0 Å². The molecule has 1 fully saturated rings. The van der Waals surface area contributed by atoms with Crippen LogP contribution in [0.1, 0.15) is 19.3 Å². The summed E-state index contributed by atoms with van der Waals surface area (Å²) in [4.78, 5) is 9.98. The summed E-state index contributed by atoms with van der Waals surface area (Å²) in [6.45, 7) is 0. The van der Waals surface area contributed by atoms with Crippen molar-refractivity contribution in [3.63, 3.8) is 0 Å². The third-order valence-electron chi connectivity index (χ3n) is 1.45. The summed E-state index contributed by atoms with van der Waals surface area (Å²) in [6, 6.07) is 0. The van der Waals surface area contributed by atoms with E-state index in [1.54, 1.807) is 0 Å². The summed E-state index contributed by atoms with van der Waals surface area (Å²) >= 11 is 0. The van der Waals surface area contributed by atoms with Crippen molar-refractivity contribution in [3.8, 4) is 0 Å². The van der Waals surface area contributed by atoms with Gasteiger partial charge in [-0.05, 0) is 12.8 Å². The summed E-state index contributed by atoms with van der Waals surface area (Å²) < 4.78 is 0. The van der Waals surface area contributed by atoms with Gasteiger partial charge in [0.05, 0.1) is 5.92 Å². The van der Waals surface area contributed by atoms with Gasteiger partial charge in [-0.15, -0.1) is 12.4 Å². The van der Waals surface area contributed by atoms with Crippen LogP contribution in [0.5, 0.6) is 0 Å². The summed E-state index contributed by atoms with van der Waals surface area (Å²) in [5.41, 5.74) is 0. The number of hydrogen-bond donors (Lipinski definition) is 1. The summed E-state index contributed by atoms with van der Waals surface area (Å²) in [6.07, 6.45) is 2.90. The van der Waals surface area contributed by atoms with Crippen molar-refractivity contribution >= 4 is 18.4 Å². The van der Waals surface area contributed by atoms with Crippen molar-refractivity contribution in [2.75, 3.05) is 0 Å². The molecule has 0 bridgehead atoms. The zero-order chi connectivity index (χ0) is 5.28. The van der Waals surface area contributed by atoms with Gasteiger partial charge in [0.2, 0.25) is 0 Å². The maximum absolute atomic E-state index is 9.98. The second-order valence-electron chi connectivity index (χ2n) is 1.97. The van der Waals surface area contributed by atoms with E-state index in [4.69, 9.17) is 5.11 Å². The van der Waals surface area contributed by atoms with E-state index in [1.807, 2.05) is 0 Å². The largest absolute Gasteiger partial charge is 0.481 e. The maximum Gasteiger partial charge on any atom is 0.306 e. The molecule has 0 aromatic carbocycles. The fraction of sp³-hybridized carbons (Fsp3) is 0.800. The number of halogens is 1. The minimum atomic E-state index is -0.619. The molecule has 1 saturated carbocycles. The Morgan fingerprint density at radius 2 is 2.00 bits per heavy atom. The molecule has 3 heteroatoms. The molecule has 0 radical (unpaired) electrons. The van der Waals surface area contributed by atoms with Gasteiger partial charge in [-0.2, -0.15) is 0 Å². The van der Waals surface area contributed by atoms with E-state index in [-0.39, 0.29) is 18.3 Å². The Morgan fingerprint density at radius 3 is 2.00 bits per heavy atom. The van der Waals surface area contributed by atoms with E-state index < -0.39 is 5.97 Å². The molecule has 0 saturated heterocycles. The van der Waals surface area contributed by atoms with Gasteiger partial charge in [-0.1, -0.05) is 6.42 Å². The van der Waals surface area contributed by atoms with Gasteiger partial charge in [-0.3, -0.25) is 4.79 Å².